The first kappa shape index (κ1) is 16.2. The maximum absolute atomic E-state index is 2.45. The maximum Gasteiger partial charge on any atom is 0.0487 e. The summed E-state index contributed by atoms with van der Waals surface area (Å²) < 4.78 is 0. The third kappa shape index (κ3) is 4.99. The first-order valence-electron chi connectivity index (χ1n) is 7.28. The van der Waals surface area contributed by atoms with Crippen molar-refractivity contribution in [3.05, 3.63) is 34.0 Å². The highest BCUT2D eigenvalue weighted by Gasteiger charge is 2.17. The third-order valence-electron chi connectivity index (χ3n) is 3.02. The Labute approximate surface area is 133 Å². The summed E-state index contributed by atoms with van der Waals surface area (Å²) in [5.41, 5.74) is 3.09. The molecule has 0 atom stereocenters. The van der Waals surface area contributed by atoms with Gasteiger partial charge in [0, 0.05) is 25.9 Å². The van der Waals surface area contributed by atoms with Crippen LogP contribution in [0, 0.1) is 0 Å². The Bertz CT molecular complexity index is 516. The van der Waals surface area contributed by atoms with E-state index in [-0.39, 0.29) is 0 Å². The Morgan fingerprint density at radius 2 is 1.05 bits per heavy atom. The molecular weight excluding hydrogens is 312 g/mol. The lowest BCUT2D eigenvalue weighted by molar-refractivity contribution is 1.33. The Kier molecular flexibility index (Phi) is 4.79. The third-order valence-corrected chi connectivity index (χ3v) is 8.11. The monoisotopic (exact) mass is 338 g/mol. The largest absolute Gasteiger partial charge is 0.143 e. The van der Waals surface area contributed by atoms with Crippen molar-refractivity contribution >= 4 is 38.8 Å². The molecule has 0 amide bonds. The molecule has 2 rings (SSSR count). The molecule has 0 bridgehead atoms. The van der Waals surface area contributed by atoms with Crippen LogP contribution < -0.4 is 0 Å². The van der Waals surface area contributed by atoms with E-state index in [0.29, 0.717) is 0 Å². The predicted octanol–water partition coefficient (Wildman–Crippen LogP) is 6.32. The molecule has 0 saturated carbocycles. The minimum atomic E-state index is -0.997. The molecule has 0 aromatic carbocycles. The van der Waals surface area contributed by atoms with E-state index in [4.69, 9.17) is 0 Å². The second kappa shape index (κ2) is 5.91. The SMILES string of the molecule is C[Si](C)(C)Cc1csc(-c2cc(C[Si](C)(C)C)cs2)c1. The molecule has 0 nitrogen and oxygen atoms in total. The molecule has 0 radical (unpaired) electrons. The van der Waals surface area contributed by atoms with E-state index in [0.717, 1.165) is 0 Å². The topological polar surface area (TPSA) is 0 Å². The Morgan fingerprint density at radius 1 is 0.700 bits per heavy atom. The normalized spacial score (nSPS) is 12.9. The second-order valence-electron chi connectivity index (χ2n) is 8.11. The van der Waals surface area contributed by atoms with Crippen LogP contribution in [0.3, 0.4) is 0 Å². The summed E-state index contributed by atoms with van der Waals surface area (Å²) in [6.45, 7) is 14.7. The summed E-state index contributed by atoms with van der Waals surface area (Å²) >= 11 is 3.84. The fraction of sp³-hybridized carbons (Fsp3) is 0.500. The minimum absolute atomic E-state index is 0.997. The fourth-order valence-corrected chi connectivity index (χ4v) is 7.51. The quantitative estimate of drug-likeness (QED) is 0.560. The van der Waals surface area contributed by atoms with Crippen molar-refractivity contribution in [1.82, 2.24) is 0 Å². The summed E-state index contributed by atoms with van der Waals surface area (Å²) in [5.74, 6) is 0. The van der Waals surface area contributed by atoms with Crippen LogP contribution in [-0.4, -0.2) is 16.1 Å². The van der Waals surface area contributed by atoms with Gasteiger partial charge in [-0.25, -0.2) is 0 Å². The average molecular weight is 339 g/mol. The molecule has 0 saturated heterocycles. The molecule has 0 aliphatic carbocycles. The van der Waals surface area contributed by atoms with E-state index < -0.39 is 16.1 Å². The van der Waals surface area contributed by atoms with Gasteiger partial charge in [-0.15, -0.1) is 22.7 Å². The predicted molar refractivity (Wildman–Crippen MR) is 102 cm³/mol. The Hall–Kier alpha value is -0.166. The number of rotatable bonds is 5. The lowest BCUT2D eigenvalue weighted by atomic mass is 10.3. The zero-order chi connectivity index (χ0) is 15.0. The van der Waals surface area contributed by atoms with Crippen LogP contribution in [0.25, 0.3) is 9.75 Å². The first-order chi connectivity index (χ1) is 9.12. The second-order valence-corrected chi connectivity index (χ2v) is 20.9. The number of thiophene rings is 2. The minimum Gasteiger partial charge on any atom is -0.143 e. The van der Waals surface area contributed by atoms with Crippen molar-refractivity contribution in [3.8, 4) is 9.75 Å². The summed E-state index contributed by atoms with van der Waals surface area (Å²) in [4.78, 5) is 2.93. The molecule has 4 heteroatoms. The molecule has 0 unspecified atom stereocenters. The molecule has 0 aliphatic heterocycles. The number of hydrogen-bond acceptors (Lipinski definition) is 2. The van der Waals surface area contributed by atoms with Crippen molar-refractivity contribution in [2.75, 3.05) is 0 Å². The summed E-state index contributed by atoms with van der Waals surface area (Å²) in [6, 6.07) is 7.45. The van der Waals surface area contributed by atoms with Gasteiger partial charge in [0.25, 0.3) is 0 Å². The lowest BCUT2D eigenvalue weighted by Crippen LogP contribution is -2.23. The van der Waals surface area contributed by atoms with Crippen LogP contribution in [0.1, 0.15) is 11.1 Å². The van der Waals surface area contributed by atoms with Crippen LogP contribution in [0.4, 0.5) is 0 Å². The highest BCUT2D eigenvalue weighted by Crippen LogP contribution is 2.34. The molecule has 0 N–H and O–H groups in total. The van der Waals surface area contributed by atoms with Gasteiger partial charge in [0.1, 0.15) is 0 Å². The van der Waals surface area contributed by atoms with E-state index in [9.17, 15) is 0 Å². The summed E-state index contributed by atoms with van der Waals surface area (Å²) in [7, 11) is -1.99. The van der Waals surface area contributed by atoms with Gasteiger partial charge in [-0.05, 0) is 46.1 Å². The molecule has 0 fully saturated rings. The van der Waals surface area contributed by atoms with Gasteiger partial charge in [0.05, 0.1) is 0 Å². The van der Waals surface area contributed by atoms with Crippen LogP contribution >= 0.6 is 22.7 Å². The molecular formula is C16H26S2Si2. The van der Waals surface area contributed by atoms with Gasteiger partial charge < -0.3 is 0 Å². The van der Waals surface area contributed by atoms with Gasteiger partial charge in [-0.1, -0.05) is 39.3 Å². The molecule has 2 aromatic heterocycles. The Balaban J connectivity index is 2.13. The molecule has 0 aliphatic rings. The molecule has 20 heavy (non-hydrogen) atoms. The van der Waals surface area contributed by atoms with Crippen molar-refractivity contribution in [3.63, 3.8) is 0 Å². The van der Waals surface area contributed by atoms with Gasteiger partial charge in [0.15, 0.2) is 0 Å². The summed E-state index contributed by atoms with van der Waals surface area (Å²) in [5, 5.41) is 4.73. The zero-order valence-corrected chi connectivity index (χ0v) is 17.2. The molecule has 2 heterocycles. The van der Waals surface area contributed by atoms with Crippen LogP contribution in [0.5, 0.6) is 0 Å². The van der Waals surface area contributed by atoms with Gasteiger partial charge >= 0.3 is 0 Å². The van der Waals surface area contributed by atoms with E-state index in [2.05, 4.69) is 62.2 Å². The van der Waals surface area contributed by atoms with Crippen LogP contribution in [-0.2, 0) is 12.1 Å². The van der Waals surface area contributed by atoms with Crippen LogP contribution in [0.15, 0.2) is 22.9 Å². The molecule has 110 valence electrons. The highest BCUT2D eigenvalue weighted by atomic mass is 32.1. The van der Waals surface area contributed by atoms with E-state index >= 15 is 0 Å². The maximum atomic E-state index is 2.45. The van der Waals surface area contributed by atoms with E-state index in [1.165, 1.54) is 21.8 Å². The van der Waals surface area contributed by atoms with E-state index in [1.54, 1.807) is 11.1 Å². The first-order valence-corrected chi connectivity index (χ1v) is 16.4. The standard InChI is InChI=1S/C16H26S2Si2/c1-19(2,3)11-13-7-15(17-9-13)16-8-14(10-18-16)12-20(4,5)6/h7-10H,11-12H2,1-6H3. The lowest BCUT2D eigenvalue weighted by Gasteiger charge is -2.14. The van der Waals surface area contributed by atoms with Crippen molar-refractivity contribution < 1.29 is 0 Å². The van der Waals surface area contributed by atoms with Gasteiger partial charge in [-0.3, -0.25) is 0 Å². The fourth-order valence-electron chi connectivity index (χ4n) is 2.42. The van der Waals surface area contributed by atoms with Crippen LogP contribution in [0.2, 0.25) is 39.3 Å². The Morgan fingerprint density at radius 3 is 1.35 bits per heavy atom. The van der Waals surface area contributed by atoms with Crippen molar-refractivity contribution in [1.29, 1.82) is 0 Å². The van der Waals surface area contributed by atoms with E-state index in [1.807, 2.05) is 22.7 Å². The number of hydrogen-bond donors (Lipinski definition) is 0. The van der Waals surface area contributed by atoms with Crippen molar-refractivity contribution in [2.24, 2.45) is 0 Å². The van der Waals surface area contributed by atoms with Gasteiger partial charge in [-0.2, -0.15) is 0 Å². The van der Waals surface area contributed by atoms with Crippen molar-refractivity contribution in [2.45, 2.75) is 51.4 Å². The smallest absolute Gasteiger partial charge is 0.0487 e. The zero-order valence-electron chi connectivity index (χ0n) is 13.5. The van der Waals surface area contributed by atoms with Gasteiger partial charge in [0.2, 0.25) is 0 Å². The summed E-state index contributed by atoms with van der Waals surface area (Å²) in [6.07, 6.45) is 0. The molecule has 2 aromatic rings. The molecule has 0 spiro atoms. The highest BCUT2D eigenvalue weighted by molar-refractivity contribution is 7.20. The average Bonchev–Trinajstić information content (AvgIpc) is 2.81.